The van der Waals surface area contributed by atoms with E-state index < -0.39 is 10.0 Å². The van der Waals surface area contributed by atoms with Crippen LogP contribution in [0.3, 0.4) is 0 Å². The van der Waals surface area contributed by atoms with Crippen LogP contribution >= 0.6 is 0 Å². The first-order chi connectivity index (χ1) is 10.00. The molecule has 0 unspecified atom stereocenters. The van der Waals surface area contributed by atoms with E-state index in [-0.39, 0.29) is 16.5 Å². The van der Waals surface area contributed by atoms with Crippen LogP contribution in [0, 0.1) is 0 Å². The van der Waals surface area contributed by atoms with Gasteiger partial charge in [0.25, 0.3) is 10.0 Å². The Bertz CT molecular complexity index is 725. The minimum atomic E-state index is -3.81. The van der Waals surface area contributed by atoms with E-state index in [4.69, 9.17) is 9.47 Å². The molecule has 0 amide bonds. The zero-order chi connectivity index (χ0) is 15.5. The number of hydrogen-bond acceptors (Lipinski definition) is 5. The molecule has 0 atom stereocenters. The zero-order valence-electron chi connectivity index (χ0n) is 12.0. The average Bonchev–Trinajstić information content (AvgIpc) is 2.93. The first-order valence-electron chi connectivity index (χ1n) is 6.28. The second kappa shape index (κ2) is 6.04. The molecule has 1 N–H and O–H groups in total. The highest BCUT2D eigenvalue weighted by Gasteiger charge is 2.21. The monoisotopic (exact) mass is 311 g/mol. The van der Waals surface area contributed by atoms with Crippen LogP contribution in [0.25, 0.3) is 0 Å². The van der Waals surface area contributed by atoms with Crippen LogP contribution < -0.4 is 14.2 Å². The molecule has 0 aliphatic carbocycles. The van der Waals surface area contributed by atoms with Gasteiger partial charge in [-0.1, -0.05) is 0 Å². The number of nitrogens with zero attached hydrogens (tertiary/aromatic N) is 2. The Labute approximate surface area is 123 Å². The van der Waals surface area contributed by atoms with Crippen molar-refractivity contribution in [1.29, 1.82) is 0 Å². The largest absolute Gasteiger partial charge is 0.497 e. The number of ether oxygens (including phenoxy) is 2. The first-order valence-corrected chi connectivity index (χ1v) is 7.76. The van der Waals surface area contributed by atoms with Crippen molar-refractivity contribution in [2.24, 2.45) is 0 Å². The molecular formula is C13H17N3O4S. The Morgan fingerprint density at radius 3 is 2.57 bits per heavy atom. The van der Waals surface area contributed by atoms with Crippen LogP contribution in [0.4, 0.5) is 5.82 Å². The molecule has 2 rings (SSSR count). The number of anilines is 1. The summed E-state index contributed by atoms with van der Waals surface area (Å²) in [5.41, 5.74) is 0. The van der Waals surface area contributed by atoms with Gasteiger partial charge in [-0.15, -0.1) is 0 Å². The Balaban J connectivity index is 2.38. The van der Waals surface area contributed by atoms with Gasteiger partial charge in [-0.3, -0.25) is 9.40 Å². The van der Waals surface area contributed by atoms with E-state index in [0.717, 1.165) is 0 Å². The van der Waals surface area contributed by atoms with Crippen molar-refractivity contribution < 1.29 is 17.9 Å². The van der Waals surface area contributed by atoms with Crippen molar-refractivity contribution in [3.05, 3.63) is 30.5 Å². The van der Waals surface area contributed by atoms with E-state index in [1.165, 1.54) is 26.4 Å². The van der Waals surface area contributed by atoms with Gasteiger partial charge in [0.05, 0.1) is 14.2 Å². The molecule has 7 nitrogen and oxygen atoms in total. The molecule has 8 heteroatoms. The summed E-state index contributed by atoms with van der Waals surface area (Å²) in [6, 6.07) is 6.16. The van der Waals surface area contributed by atoms with Crippen molar-refractivity contribution in [3.63, 3.8) is 0 Å². The highest BCUT2D eigenvalue weighted by Crippen LogP contribution is 2.29. The number of benzene rings is 1. The summed E-state index contributed by atoms with van der Waals surface area (Å²) in [6.45, 7) is 2.57. The molecule has 0 spiro atoms. The van der Waals surface area contributed by atoms with Gasteiger partial charge in [-0.2, -0.15) is 5.10 Å². The van der Waals surface area contributed by atoms with Gasteiger partial charge < -0.3 is 9.47 Å². The second-order valence-corrected chi connectivity index (χ2v) is 5.83. The summed E-state index contributed by atoms with van der Waals surface area (Å²) in [6.07, 6.45) is 1.70. The predicted molar refractivity (Wildman–Crippen MR) is 78.3 cm³/mol. The minimum Gasteiger partial charge on any atom is -0.497 e. The van der Waals surface area contributed by atoms with Crippen molar-refractivity contribution in [2.75, 3.05) is 18.9 Å². The maximum atomic E-state index is 12.5. The van der Waals surface area contributed by atoms with Crippen molar-refractivity contribution in [3.8, 4) is 11.5 Å². The molecule has 0 radical (unpaired) electrons. The summed E-state index contributed by atoms with van der Waals surface area (Å²) >= 11 is 0. The number of nitrogens with one attached hydrogen (secondary N) is 1. The maximum absolute atomic E-state index is 12.5. The number of methoxy groups -OCH3 is 2. The zero-order valence-corrected chi connectivity index (χ0v) is 12.8. The van der Waals surface area contributed by atoms with Gasteiger partial charge in [0, 0.05) is 24.9 Å². The number of aryl methyl sites for hydroxylation is 1. The Kier molecular flexibility index (Phi) is 4.37. The van der Waals surface area contributed by atoms with Crippen LogP contribution in [0.2, 0.25) is 0 Å². The average molecular weight is 311 g/mol. The predicted octanol–water partition coefficient (Wildman–Crippen LogP) is 1.72. The van der Waals surface area contributed by atoms with Gasteiger partial charge in [0.2, 0.25) is 0 Å². The van der Waals surface area contributed by atoms with E-state index in [9.17, 15) is 8.42 Å². The van der Waals surface area contributed by atoms with Gasteiger partial charge in [-0.05, 0) is 19.1 Å². The van der Waals surface area contributed by atoms with Crippen molar-refractivity contribution in [1.82, 2.24) is 9.78 Å². The third-order valence-electron chi connectivity index (χ3n) is 2.86. The van der Waals surface area contributed by atoms with Gasteiger partial charge in [-0.25, -0.2) is 8.42 Å². The third kappa shape index (κ3) is 3.27. The number of rotatable bonds is 6. The molecule has 0 fully saturated rings. The fraction of sp³-hybridized carbons (Fsp3) is 0.308. The number of hydrogen-bond donors (Lipinski definition) is 1. The molecule has 2 aromatic rings. The van der Waals surface area contributed by atoms with Crippen LogP contribution in [0.5, 0.6) is 11.5 Å². The molecule has 1 heterocycles. The van der Waals surface area contributed by atoms with Crippen LogP contribution in [0.1, 0.15) is 6.92 Å². The molecule has 0 saturated heterocycles. The first kappa shape index (κ1) is 15.2. The van der Waals surface area contributed by atoms with E-state index in [1.54, 1.807) is 23.0 Å². The van der Waals surface area contributed by atoms with Crippen LogP contribution in [0.15, 0.2) is 35.4 Å². The number of sulfonamides is 1. The summed E-state index contributed by atoms with van der Waals surface area (Å²) in [5, 5.41) is 4.09. The molecule has 0 bridgehead atoms. The summed E-state index contributed by atoms with van der Waals surface area (Å²) in [7, 11) is -0.938. The lowest BCUT2D eigenvalue weighted by Gasteiger charge is -2.11. The van der Waals surface area contributed by atoms with Gasteiger partial charge in [0.15, 0.2) is 5.82 Å². The molecule has 1 aromatic carbocycles. The third-order valence-corrected chi connectivity index (χ3v) is 4.24. The van der Waals surface area contributed by atoms with E-state index >= 15 is 0 Å². The molecule has 1 aromatic heterocycles. The topological polar surface area (TPSA) is 82.5 Å². The van der Waals surface area contributed by atoms with Crippen molar-refractivity contribution in [2.45, 2.75) is 18.4 Å². The molecule has 21 heavy (non-hydrogen) atoms. The maximum Gasteiger partial charge on any atom is 0.266 e. The Hall–Kier alpha value is -2.22. The highest BCUT2D eigenvalue weighted by molar-refractivity contribution is 7.92. The van der Waals surface area contributed by atoms with Crippen LogP contribution in [-0.2, 0) is 16.6 Å². The molecule has 0 aliphatic heterocycles. The lowest BCUT2D eigenvalue weighted by atomic mass is 10.3. The smallest absolute Gasteiger partial charge is 0.266 e. The standard InChI is InChI=1S/C13H17N3O4S/c1-4-16-8-7-13(14-16)15-21(17,18)12-9-10(19-2)5-6-11(12)20-3/h5-9H,4H2,1-3H3,(H,14,15). The highest BCUT2D eigenvalue weighted by atomic mass is 32.2. The fourth-order valence-electron chi connectivity index (χ4n) is 1.78. The lowest BCUT2D eigenvalue weighted by Crippen LogP contribution is -2.15. The molecular weight excluding hydrogens is 294 g/mol. The van der Waals surface area contributed by atoms with Gasteiger partial charge >= 0.3 is 0 Å². The fourth-order valence-corrected chi connectivity index (χ4v) is 2.96. The Morgan fingerprint density at radius 2 is 2.00 bits per heavy atom. The molecule has 0 aliphatic rings. The van der Waals surface area contributed by atoms with Crippen molar-refractivity contribution >= 4 is 15.8 Å². The lowest BCUT2D eigenvalue weighted by molar-refractivity contribution is 0.392. The van der Waals surface area contributed by atoms with E-state index in [1.807, 2.05) is 6.92 Å². The normalized spacial score (nSPS) is 11.2. The minimum absolute atomic E-state index is 0.00426. The Morgan fingerprint density at radius 1 is 1.24 bits per heavy atom. The summed E-state index contributed by atoms with van der Waals surface area (Å²) in [4.78, 5) is -0.00426. The SMILES string of the molecule is CCn1ccc(NS(=O)(=O)c2cc(OC)ccc2OC)n1. The second-order valence-electron chi connectivity index (χ2n) is 4.18. The van der Waals surface area contributed by atoms with E-state index in [2.05, 4.69) is 9.82 Å². The van der Waals surface area contributed by atoms with Gasteiger partial charge in [0.1, 0.15) is 16.4 Å². The quantitative estimate of drug-likeness (QED) is 0.878. The van der Waals surface area contributed by atoms with E-state index in [0.29, 0.717) is 12.3 Å². The molecule has 114 valence electrons. The summed E-state index contributed by atoms with van der Waals surface area (Å²) in [5.74, 6) is 0.912. The summed E-state index contributed by atoms with van der Waals surface area (Å²) < 4.78 is 39.1. The van der Waals surface area contributed by atoms with Crippen LogP contribution in [-0.4, -0.2) is 32.4 Å². The molecule has 0 saturated carbocycles. The number of aromatic nitrogens is 2.